The van der Waals surface area contributed by atoms with Gasteiger partial charge in [0.1, 0.15) is 5.82 Å². The summed E-state index contributed by atoms with van der Waals surface area (Å²) in [5.74, 6) is 0.682. The molecule has 1 aliphatic carbocycles. The maximum atomic E-state index is 13.7. The molecule has 106 valence electrons. The lowest BCUT2D eigenvalue weighted by atomic mass is 9.86. The number of nitrogens with zero attached hydrogens (tertiary/aromatic N) is 1. The lowest BCUT2D eigenvalue weighted by molar-refractivity contribution is 0.340. The van der Waals surface area contributed by atoms with E-state index in [1.54, 1.807) is 12.1 Å². The summed E-state index contributed by atoms with van der Waals surface area (Å²) in [5, 5.41) is 0. The summed E-state index contributed by atoms with van der Waals surface area (Å²) >= 11 is 0. The van der Waals surface area contributed by atoms with Crippen molar-refractivity contribution in [3.63, 3.8) is 0 Å². The average Bonchev–Trinajstić information content (AvgIpc) is 2.38. The zero-order chi connectivity index (χ0) is 13.8. The molecule has 2 N–H and O–H groups in total. The number of halogens is 1. The number of nitrogens with two attached hydrogens (primary N) is 1. The summed E-state index contributed by atoms with van der Waals surface area (Å²) in [6, 6.07) is 5.85. The summed E-state index contributed by atoms with van der Waals surface area (Å²) in [4.78, 5) is 2.25. The molecule has 0 bridgehead atoms. The van der Waals surface area contributed by atoms with Crippen LogP contribution in [0.15, 0.2) is 18.2 Å². The molecule has 1 fully saturated rings. The van der Waals surface area contributed by atoms with E-state index >= 15 is 0 Å². The first kappa shape index (κ1) is 14.3. The highest BCUT2D eigenvalue weighted by Gasteiger charge is 2.22. The monoisotopic (exact) mass is 264 g/mol. The Labute approximate surface area is 115 Å². The second-order valence-corrected chi connectivity index (χ2v) is 5.88. The van der Waals surface area contributed by atoms with E-state index in [9.17, 15) is 4.39 Å². The lowest BCUT2D eigenvalue weighted by Crippen LogP contribution is -2.34. The molecule has 0 radical (unpaired) electrons. The molecule has 1 aromatic rings. The van der Waals surface area contributed by atoms with Gasteiger partial charge in [0, 0.05) is 18.8 Å². The predicted octanol–water partition coefficient (Wildman–Crippen LogP) is 3.34. The van der Waals surface area contributed by atoms with E-state index in [1.807, 2.05) is 0 Å². The van der Waals surface area contributed by atoms with E-state index in [4.69, 9.17) is 5.73 Å². The Morgan fingerprint density at radius 3 is 2.53 bits per heavy atom. The van der Waals surface area contributed by atoms with Gasteiger partial charge >= 0.3 is 0 Å². The van der Waals surface area contributed by atoms with Gasteiger partial charge in [-0.3, -0.25) is 0 Å². The Kier molecular flexibility index (Phi) is 4.81. The number of anilines is 1. The highest BCUT2D eigenvalue weighted by Crippen LogP contribution is 2.30. The summed E-state index contributed by atoms with van der Waals surface area (Å²) in [6.07, 6.45) is 5.71. The van der Waals surface area contributed by atoms with Crippen LogP contribution < -0.4 is 10.6 Å². The van der Waals surface area contributed by atoms with Gasteiger partial charge in [0.25, 0.3) is 0 Å². The Hall–Kier alpha value is -1.09. The third-order valence-corrected chi connectivity index (χ3v) is 4.32. The Morgan fingerprint density at radius 1 is 1.21 bits per heavy atom. The quantitative estimate of drug-likeness (QED) is 0.903. The van der Waals surface area contributed by atoms with Crippen LogP contribution in [0.5, 0.6) is 0 Å². The fourth-order valence-corrected chi connectivity index (χ4v) is 2.99. The van der Waals surface area contributed by atoms with E-state index in [0.717, 1.165) is 23.6 Å². The van der Waals surface area contributed by atoms with Crippen LogP contribution in [0.2, 0.25) is 0 Å². The normalized spacial score (nSPS) is 23.4. The van der Waals surface area contributed by atoms with Crippen LogP contribution in [0.1, 0.15) is 38.2 Å². The number of hydrogen-bond acceptors (Lipinski definition) is 2. The van der Waals surface area contributed by atoms with E-state index in [2.05, 4.69) is 24.9 Å². The first-order valence-corrected chi connectivity index (χ1v) is 7.32. The third kappa shape index (κ3) is 3.69. The average molecular weight is 264 g/mol. The first-order chi connectivity index (χ1) is 9.10. The molecule has 0 amide bonds. The minimum absolute atomic E-state index is 0.156. The summed E-state index contributed by atoms with van der Waals surface area (Å²) in [5.41, 5.74) is 7.54. The van der Waals surface area contributed by atoms with Crippen molar-refractivity contribution < 1.29 is 4.39 Å². The standard InChI is InChI=1S/C16H25FN2/c1-12-3-5-15(6-4-12)19(2)16-10-13(7-8-18)9-14(17)11-16/h9-12,15H,3-8,18H2,1-2H3. The van der Waals surface area contributed by atoms with Gasteiger partial charge in [-0.1, -0.05) is 6.92 Å². The zero-order valence-electron chi connectivity index (χ0n) is 12.0. The molecular formula is C16H25FN2. The maximum absolute atomic E-state index is 13.7. The first-order valence-electron chi connectivity index (χ1n) is 7.32. The van der Waals surface area contributed by atoms with Crippen molar-refractivity contribution in [3.8, 4) is 0 Å². The molecule has 19 heavy (non-hydrogen) atoms. The van der Waals surface area contributed by atoms with Gasteiger partial charge in [0.15, 0.2) is 0 Å². The van der Waals surface area contributed by atoms with E-state index in [-0.39, 0.29) is 5.82 Å². The van der Waals surface area contributed by atoms with Crippen LogP contribution in [-0.4, -0.2) is 19.6 Å². The van der Waals surface area contributed by atoms with Gasteiger partial charge in [0.2, 0.25) is 0 Å². The second-order valence-electron chi connectivity index (χ2n) is 5.88. The van der Waals surface area contributed by atoms with Gasteiger partial charge < -0.3 is 10.6 Å². The molecule has 3 heteroatoms. The molecule has 0 spiro atoms. The van der Waals surface area contributed by atoms with Crippen molar-refractivity contribution in [1.82, 2.24) is 0 Å². The van der Waals surface area contributed by atoms with Crippen molar-refractivity contribution in [2.45, 2.75) is 45.1 Å². The lowest BCUT2D eigenvalue weighted by Gasteiger charge is -2.35. The van der Waals surface area contributed by atoms with Crippen molar-refractivity contribution >= 4 is 5.69 Å². The fourth-order valence-electron chi connectivity index (χ4n) is 2.99. The largest absolute Gasteiger partial charge is 0.372 e. The number of hydrogen-bond donors (Lipinski definition) is 1. The van der Waals surface area contributed by atoms with Crippen LogP contribution >= 0.6 is 0 Å². The zero-order valence-corrected chi connectivity index (χ0v) is 12.0. The molecular weight excluding hydrogens is 239 g/mol. The van der Waals surface area contributed by atoms with Crippen molar-refractivity contribution in [2.24, 2.45) is 11.7 Å². The Balaban J connectivity index is 2.11. The third-order valence-electron chi connectivity index (χ3n) is 4.32. The molecule has 0 atom stereocenters. The summed E-state index contributed by atoms with van der Waals surface area (Å²) < 4.78 is 13.7. The van der Waals surface area contributed by atoms with Gasteiger partial charge in [-0.2, -0.15) is 0 Å². The van der Waals surface area contributed by atoms with Crippen LogP contribution in [0.3, 0.4) is 0 Å². The Morgan fingerprint density at radius 2 is 1.89 bits per heavy atom. The van der Waals surface area contributed by atoms with E-state index in [1.165, 1.54) is 25.7 Å². The van der Waals surface area contributed by atoms with Crippen molar-refractivity contribution in [2.75, 3.05) is 18.5 Å². The molecule has 0 aromatic heterocycles. The van der Waals surface area contributed by atoms with Crippen LogP contribution in [0.25, 0.3) is 0 Å². The Bertz CT molecular complexity index is 411. The molecule has 1 aromatic carbocycles. The minimum atomic E-state index is -0.156. The minimum Gasteiger partial charge on any atom is -0.372 e. The van der Waals surface area contributed by atoms with Gasteiger partial charge in [0.05, 0.1) is 0 Å². The molecule has 1 saturated carbocycles. The molecule has 0 unspecified atom stereocenters. The van der Waals surface area contributed by atoms with Gasteiger partial charge in [-0.15, -0.1) is 0 Å². The van der Waals surface area contributed by atoms with Gasteiger partial charge in [-0.05, 0) is 68.3 Å². The highest BCUT2D eigenvalue weighted by molar-refractivity contribution is 5.49. The van der Waals surface area contributed by atoms with Crippen LogP contribution in [-0.2, 0) is 6.42 Å². The van der Waals surface area contributed by atoms with Crippen LogP contribution in [0, 0.1) is 11.7 Å². The molecule has 0 saturated heterocycles. The molecule has 0 aliphatic heterocycles. The fraction of sp³-hybridized carbons (Fsp3) is 0.625. The van der Waals surface area contributed by atoms with Crippen LogP contribution in [0.4, 0.5) is 10.1 Å². The summed E-state index contributed by atoms with van der Waals surface area (Å²) in [7, 11) is 2.08. The van der Waals surface area contributed by atoms with Gasteiger partial charge in [-0.25, -0.2) is 4.39 Å². The van der Waals surface area contributed by atoms with Crippen molar-refractivity contribution in [3.05, 3.63) is 29.6 Å². The summed E-state index contributed by atoms with van der Waals surface area (Å²) in [6.45, 7) is 2.88. The molecule has 1 aliphatic rings. The smallest absolute Gasteiger partial charge is 0.125 e. The van der Waals surface area contributed by atoms with E-state index < -0.39 is 0 Å². The second kappa shape index (κ2) is 6.38. The SMILES string of the molecule is CC1CCC(N(C)c2cc(F)cc(CCN)c2)CC1. The topological polar surface area (TPSA) is 29.3 Å². The van der Waals surface area contributed by atoms with E-state index in [0.29, 0.717) is 12.6 Å². The predicted molar refractivity (Wildman–Crippen MR) is 79.0 cm³/mol. The molecule has 2 nitrogen and oxygen atoms in total. The van der Waals surface area contributed by atoms with Crippen molar-refractivity contribution in [1.29, 1.82) is 0 Å². The maximum Gasteiger partial charge on any atom is 0.125 e. The molecule has 2 rings (SSSR count). The number of benzene rings is 1. The number of rotatable bonds is 4. The molecule has 0 heterocycles. The highest BCUT2D eigenvalue weighted by atomic mass is 19.1.